The van der Waals surface area contributed by atoms with Crippen molar-refractivity contribution in [3.05, 3.63) is 72.2 Å². The van der Waals surface area contributed by atoms with Gasteiger partial charge in [0.15, 0.2) is 0 Å². The van der Waals surface area contributed by atoms with Crippen molar-refractivity contribution in [2.24, 2.45) is 11.8 Å². The summed E-state index contributed by atoms with van der Waals surface area (Å²) in [5, 5.41) is 23.3. The number of pyridine rings is 2. The predicted molar refractivity (Wildman–Crippen MR) is 153 cm³/mol. The highest BCUT2D eigenvalue weighted by atomic mass is 16.3. The van der Waals surface area contributed by atoms with Crippen LogP contribution in [-0.2, 0) is 5.60 Å². The Morgan fingerprint density at radius 1 is 1.03 bits per heavy atom. The van der Waals surface area contributed by atoms with Gasteiger partial charge in [-0.2, -0.15) is 5.26 Å². The summed E-state index contributed by atoms with van der Waals surface area (Å²) in [5.74, 6) is 2.23. The van der Waals surface area contributed by atoms with E-state index in [4.69, 9.17) is 5.26 Å². The first-order chi connectivity index (χ1) is 18.4. The van der Waals surface area contributed by atoms with Crippen LogP contribution in [0.25, 0.3) is 11.1 Å². The molecule has 5 rings (SSSR count). The van der Waals surface area contributed by atoms with Crippen LogP contribution in [0.4, 0.5) is 11.5 Å². The maximum absolute atomic E-state index is 10.5. The number of nitriles is 1. The van der Waals surface area contributed by atoms with Gasteiger partial charge in [-0.3, -0.25) is 0 Å². The minimum Gasteiger partial charge on any atom is -0.386 e. The molecule has 198 valence electrons. The number of nitrogens with zero attached hydrogens (tertiary/aromatic N) is 4. The molecule has 0 bridgehead atoms. The Morgan fingerprint density at radius 3 is 2.66 bits per heavy atom. The SMILES string of the molecule is CC(C)(O)c1cccc(-c2ccnc(N[C@@H]3CCCC[C@H]3C[C@H]3CCCN(c4ccc(C#N)nc4)C3)c2)c1. The summed E-state index contributed by atoms with van der Waals surface area (Å²) in [5.41, 5.74) is 3.84. The van der Waals surface area contributed by atoms with E-state index in [9.17, 15) is 5.11 Å². The fourth-order valence-electron chi connectivity index (χ4n) is 6.20. The highest BCUT2D eigenvalue weighted by molar-refractivity contribution is 5.67. The smallest absolute Gasteiger partial charge is 0.140 e. The van der Waals surface area contributed by atoms with E-state index in [2.05, 4.69) is 44.5 Å². The maximum atomic E-state index is 10.5. The van der Waals surface area contributed by atoms with Crippen molar-refractivity contribution in [1.82, 2.24) is 9.97 Å². The lowest BCUT2D eigenvalue weighted by Crippen LogP contribution is -2.39. The van der Waals surface area contributed by atoms with E-state index in [-0.39, 0.29) is 0 Å². The van der Waals surface area contributed by atoms with E-state index < -0.39 is 5.60 Å². The van der Waals surface area contributed by atoms with E-state index in [1.54, 1.807) is 0 Å². The molecule has 1 saturated carbocycles. The van der Waals surface area contributed by atoms with Gasteiger partial charge in [0.2, 0.25) is 0 Å². The topological polar surface area (TPSA) is 85.1 Å². The average Bonchev–Trinajstić information content (AvgIpc) is 2.94. The molecule has 2 aromatic heterocycles. The zero-order valence-electron chi connectivity index (χ0n) is 22.6. The van der Waals surface area contributed by atoms with Gasteiger partial charge in [-0.25, -0.2) is 9.97 Å². The number of aliphatic hydroxyl groups is 1. The fraction of sp³-hybridized carbons (Fsp3) is 0.469. The summed E-state index contributed by atoms with van der Waals surface area (Å²) in [6.45, 7) is 5.76. The quantitative estimate of drug-likeness (QED) is 0.377. The number of aromatic nitrogens is 2. The molecule has 3 heterocycles. The molecule has 6 nitrogen and oxygen atoms in total. The van der Waals surface area contributed by atoms with Crippen molar-refractivity contribution in [2.45, 2.75) is 70.4 Å². The van der Waals surface area contributed by atoms with Gasteiger partial charge in [0.25, 0.3) is 0 Å². The number of hydrogen-bond acceptors (Lipinski definition) is 6. The van der Waals surface area contributed by atoms with Crippen LogP contribution in [0.5, 0.6) is 0 Å². The van der Waals surface area contributed by atoms with Crippen LogP contribution in [0.3, 0.4) is 0 Å². The highest BCUT2D eigenvalue weighted by Crippen LogP contribution is 2.35. The second-order valence-corrected chi connectivity index (χ2v) is 11.6. The molecule has 0 spiro atoms. The van der Waals surface area contributed by atoms with Crippen LogP contribution >= 0.6 is 0 Å². The van der Waals surface area contributed by atoms with Crippen LogP contribution in [0, 0.1) is 23.2 Å². The van der Waals surface area contributed by atoms with Crippen molar-refractivity contribution < 1.29 is 5.11 Å². The molecule has 1 saturated heterocycles. The minimum atomic E-state index is -0.870. The first-order valence-electron chi connectivity index (χ1n) is 14.1. The highest BCUT2D eigenvalue weighted by Gasteiger charge is 2.30. The summed E-state index contributed by atoms with van der Waals surface area (Å²) in [6, 6.07) is 18.7. The standard InChI is InChI=1S/C32H39N5O/c1-32(2,38)27-10-5-9-24(18-27)25-14-15-34-31(19-25)36-30-11-4-3-8-26(30)17-23-7-6-16-37(22-23)29-13-12-28(20-33)35-21-29/h5,9-10,12-15,18-19,21,23,26,30,38H,3-4,6-8,11,16-17,22H2,1-2H3,(H,34,36)/t23-,26+,30-/m1/s1. The molecule has 2 N–H and O–H groups in total. The average molecular weight is 510 g/mol. The molecule has 0 unspecified atom stereocenters. The van der Waals surface area contributed by atoms with Gasteiger partial charge in [-0.15, -0.1) is 0 Å². The molecule has 1 aliphatic carbocycles. The molecular formula is C32H39N5O. The van der Waals surface area contributed by atoms with Crippen LogP contribution in [0.1, 0.15) is 70.1 Å². The van der Waals surface area contributed by atoms with Gasteiger partial charge in [0.1, 0.15) is 17.6 Å². The normalized spacial score (nSPS) is 22.1. The number of piperidine rings is 1. The third-order valence-corrected chi connectivity index (χ3v) is 8.29. The lowest BCUT2D eigenvalue weighted by molar-refractivity contribution is 0.0786. The summed E-state index contributed by atoms with van der Waals surface area (Å²) < 4.78 is 0. The molecule has 2 fully saturated rings. The van der Waals surface area contributed by atoms with Gasteiger partial charge in [-0.05, 0) is 105 Å². The van der Waals surface area contributed by atoms with E-state index in [1.807, 2.05) is 56.6 Å². The first-order valence-corrected chi connectivity index (χ1v) is 14.1. The van der Waals surface area contributed by atoms with Crippen LogP contribution in [0.15, 0.2) is 60.9 Å². The van der Waals surface area contributed by atoms with E-state index in [1.165, 1.54) is 44.9 Å². The molecule has 0 radical (unpaired) electrons. The van der Waals surface area contributed by atoms with Gasteiger partial charge in [-0.1, -0.05) is 31.0 Å². The lowest BCUT2D eigenvalue weighted by atomic mass is 9.77. The van der Waals surface area contributed by atoms with Crippen molar-refractivity contribution in [2.75, 3.05) is 23.3 Å². The molecule has 0 amide bonds. The Kier molecular flexibility index (Phi) is 7.95. The van der Waals surface area contributed by atoms with Crippen molar-refractivity contribution in [3.63, 3.8) is 0 Å². The summed E-state index contributed by atoms with van der Waals surface area (Å²) in [7, 11) is 0. The predicted octanol–water partition coefficient (Wildman–Crippen LogP) is 6.52. The minimum absolute atomic E-state index is 0.432. The lowest BCUT2D eigenvalue weighted by Gasteiger charge is -2.39. The summed E-state index contributed by atoms with van der Waals surface area (Å²) in [6.07, 6.45) is 12.4. The van der Waals surface area contributed by atoms with Crippen LogP contribution in [0.2, 0.25) is 0 Å². The monoisotopic (exact) mass is 509 g/mol. The Balaban J connectivity index is 1.25. The molecule has 1 aliphatic heterocycles. The van der Waals surface area contributed by atoms with Gasteiger partial charge in [0, 0.05) is 25.3 Å². The van der Waals surface area contributed by atoms with E-state index in [0.717, 1.165) is 41.3 Å². The van der Waals surface area contributed by atoms with Crippen molar-refractivity contribution in [1.29, 1.82) is 5.26 Å². The second kappa shape index (κ2) is 11.5. The number of nitrogens with one attached hydrogen (secondary N) is 1. The van der Waals surface area contributed by atoms with Crippen LogP contribution < -0.4 is 10.2 Å². The summed E-state index contributed by atoms with van der Waals surface area (Å²) in [4.78, 5) is 11.4. The maximum Gasteiger partial charge on any atom is 0.140 e. The molecule has 2 aliphatic rings. The molecule has 3 atom stereocenters. The zero-order chi connectivity index (χ0) is 26.5. The molecular weight excluding hydrogens is 470 g/mol. The molecule has 1 aromatic carbocycles. The molecule has 3 aromatic rings. The Bertz CT molecular complexity index is 1260. The third-order valence-electron chi connectivity index (χ3n) is 8.29. The Morgan fingerprint density at radius 2 is 1.87 bits per heavy atom. The largest absolute Gasteiger partial charge is 0.386 e. The number of rotatable bonds is 7. The summed E-state index contributed by atoms with van der Waals surface area (Å²) >= 11 is 0. The molecule has 6 heteroatoms. The van der Waals surface area contributed by atoms with E-state index in [0.29, 0.717) is 23.6 Å². The van der Waals surface area contributed by atoms with Crippen molar-refractivity contribution >= 4 is 11.5 Å². The molecule has 38 heavy (non-hydrogen) atoms. The number of benzene rings is 1. The van der Waals surface area contributed by atoms with Gasteiger partial charge in [0.05, 0.1) is 17.5 Å². The van der Waals surface area contributed by atoms with Crippen molar-refractivity contribution in [3.8, 4) is 17.2 Å². The zero-order valence-corrected chi connectivity index (χ0v) is 22.6. The fourth-order valence-corrected chi connectivity index (χ4v) is 6.20. The third kappa shape index (κ3) is 6.34. The van der Waals surface area contributed by atoms with Gasteiger partial charge >= 0.3 is 0 Å². The van der Waals surface area contributed by atoms with Gasteiger partial charge < -0.3 is 15.3 Å². The number of hydrogen-bond donors (Lipinski definition) is 2. The number of anilines is 2. The first kappa shape index (κ1) is 26.2. The van der Waals surface area contributed by atoms with E-state index >= 15 is 0 Å². The Hall–Kier alpha value is -3.43. The van der Waals surface area contributed by atoms with Crippen LogP contribution in [-0.4, -0.2) is 34.2 Å². The Labute approximate surface area is 226 Å². The second-order valence-electron chi connectivity index (χ2n) is 11.6.